The normalized spacial score (nSPS) is 10.5. The third-order valence-corrected chi connectivity index (χ3v) is 5.16. The summed E-state index contributed by atoms with van der Waals surface area (Å²) in [6, 6.07) is 8.00. The van der Waals surface area contributed by atoms with Crippen LogP contribution < -0.4 is 11.0 Å². The molecule has 1 amide bonds. The Hall–Kier alpha value is -3.16. The molecule has 33 heavy (non-hydrogen) atoms. The van der Waals surface area contributed by atoms with Gasteiger partial charge in [0, 0.05) is 39.1 Å². The van der Waals surface area contributed by atoms with Crippen LogP contribution in [0, 0.1) is 6.92 Å². The summed E-state index contributed by atoms with van der Waals surface area (Å²) in [6.45, 7) is 12.1. The Morgan fingerprint density at radius 1 is 1.12 bits per heavy atom. The van der Waals surface area contributed by atoms with Gasteiger partial charge in [-0.3, -0.25) is 18.9 Å². The number of aromatic nitrogens is 4. The summed E-state index contributed by atoms with van der Waals surface area (Å²) in [6.07, 6.45) is 5.63. The van der Waals surface area contributed by atoms with E-state index >= 15 is 0 Å². The van der Waals surface area contributed by atoms with Crippen molar-refractivity contribution in [1.29, 1.82) is 0 Å². The molecule has 0 radical (unpaired) electrons. The standard InChI is InChI=1S/C18H23N5O.C5H11NO.C2H6/c1-5-10-22-13(2)16(11-19-3)23(18(22)24)12-17-20-14-8-6-7-9-15(14)21(17)4;1-2-3-4-6-5-7;1-2/h6-9,11H,5,10,12H2,1-4H3;5H,2-4H2,1H3,(H,6,7);1-2H3. The minimum Gasteiger partial charge on any atom is -0.359 e. The van der Waals surface area contributed by atoms with Crippen LogP contribution in [0.1, 0.15) is 64.2 Å². The van der Waals surface area contributed by atoms with Gasteiger partial charge in [-0.2, -0.15) is 0 Å². The van der Waals surface area contributed by atoms with E-state index in [1.807, 2.05) is 61.2 Å². The van der Waals surface area contributed by atoms with Crippen LogP contribution in [0.5, 0.6) is 0 Å². The molecule has 0 atom stereocenters. The molecule has 182 valence electrons. The highest BCUT2D eigenvalue weighted by Gasteiger charge is 2.17. The van der Waals surface area contributed by atoms with E-state index in [0.29, 0.717) is 13.1 Å². The number of amides is 1. The minimum atomic E-state index is -0.00342. The lowest BCUT2D eigenvalue weighted by Gasteiger charge is -2.05. The molecule has 3 rings (SSSR count). The number of aryl methyl sites for hydroxylation is 1. The lowest BCUT2D eigenvalue weighted by molar-refractivity contribution is -0.109. The van der Waals surface area contributed by atoms with Crippen molar-refractivity contribution in [2.24, 2.45) is 12.0 Å². The molecule has 8 heteroatoms. The highest BCUT2D eigenvalue weighted by molar-refractivity contribution is 5.79. The van der Waals surface area contributed by atoms with E-state index in [1.165, 1.54) is 0 Å². The van der Waals surface area contributed by atoms with Gasteiger partial charge in [0.1, 0.15) is 5.82 Å². The molecule has 3 aromatic rings. The van der Waals surface area contributed by atoms with E-state index in [4.69, 9.17) is 0 Å². The van der Waals surface area contributed by atoms with Gasteiger partial charge in [-0.25, -0.2) is 9.78 Å². The fourth-order valence-corrected chi connectivity index (χ4v) is 3.47. The highest BCUT2D eigenvalue weighted by Crippen LogP contribution is 2.16. The van der Waals surface area contributed by atoms with Crippen LogP contribution in [0.4, 0.5) is 0 Å². The molecule has 0 bridgehead atoms. The van der Waals surface area contributed by atoms with Gasteiger partial charge >= 0.3 is 5.69 Å². The molecular formula is C25H40N6O2. The Morgan fingerprint density at radius 2 is 1.82 bits per heavy atom. The number of fused-ring (bicyclic) bond motifs is 1. The molecule has 0 fully saturated rings. The number of hydrogen-bond donors (Lipinski definition) is 1. The van der Waals surface area contributed by atoms with Crippen LogP contribution >= 0.6 is 0 Å². The van der Waals surface area contributed by atoms with Crippen LogP contribution in [0.25, 0.3) is 11.0 Å². The smallest absolute Gasteiger partial charge is 0.329 e. The summed E-state index contributed by atoms with van der Waals surface area (Å²) in [5.41, 5.74) is 3.81. The summed E-state index contributed by atoms with van der Waals surface area (Å²) in [4.78, 5) is 31.2. The lowest BCUT2D eigenvalue weighted by atomic mass is 10.3. The van der Waals surface area contributed by atoms with Gasteiger partial charge in [-0.1, -0.05) is 46.2 Å². The predicted molar refractivity (Wildman–Crippen MR) is 137 cm³/mol. The molecule has 0 unspecified atom stereocenters. The molecule has 0 spiro atoms. The quantitative estimate of drug-likeness (QED) is 0.301. The monoisotopic (exact) mass is 456 g/mol. The van der Waals surface area contributed by atoms with Gasteiger partial charge in [0.15, 0.2) is 0 Å². The number of hydrogen-bond acceptors (Lipinski definition) is 4. The van der Waals surface area contributed by atoms with Gasteiger partial charge in [0.2, 0.25) is 6.41 Å². The topological polar surface area (TPSA) is 86.2 Å². The summed E-state index contributed by atoms with van der Waals surface area (Å²) < 4.78 is 5.63. The predicted octanol–water partition coefficient (Wildman–Crippen LogP) is 3.91. The van der Waals surface area contributed by atoms with Gasteiger partial charge in [0.05, 0.1) is 23.3 Å². The molecule has 0 saturated carbocycles. The minimum absolute atomic E-state index is 0.00342. The van der Waals surface area contributed by atoms with Crippen molar-refractivity contribution in [1.82, 2.24) is 24.0 Å². The van der Waals surface area contributed by atoms with E-state index in [1.54, 1.807) is 17.8 Å². The summed E-state index contributed by atoms with van der Waals surface area (Å²) in [5.74, 6) is 0.859. The second kappa shape index (κ2) is 14.8. The van der Waals surface area contributed by atoms with Crippen LogP contribution in [0.2, 0.25) is 0 Å². The van der Waals surface area contributed by atoms with Crippen molar-refractivity contribution < 1.29 is 4.79 Å². The summed E-state index contributed by atoms with van der Waals surface area (Å²) in [5, 5.41) is 2.57. The second-order valence-corrected chi connectivity index (χ2v) is 7.38. The maximum Gasteiger partial charge on any atom is 0.329 e. The molecule has 2 aromatic heterocycles. The van der Waals surface area contributed by atoms with Crippen LogP contribution in [0.15, 0.2) is 34.1 Å². The number of carbonyl (C=O) groups is 1. The van der Waals surface area contributed by atoms with E-state index in [2.05, 4.69) is 29.1 Å². The van der Waals surface area contributed by atoms with Crippen molar-refractivity contribution in [2.45, 2.75) is 67.0 Å². The van der Waals surface area contributed by atoms with Crippen molar-refractivity contribution in [3.8, 4) is 0 Å². The molecule has 0 aliphatic carbocycles. The van der Waals surface area contributed by atoms with Gasteiger partial charge in [-0.15, -0.1) is 0 Å². The Morgan fingerprint density at radius 3 is 2.39 bits per heavy atom. The zero-order valence-corrected chi connectivity index (χ0v) is 21.3. The average Bonchev–Trinajstić information content (AvgIpc) is 3.26. The number of benzene rings is 1. The first kappa shape index (κ1) is 27.9. The molecule has 1 N–H and O–H groups in total. The molecule has 0 aliphatic rings. The number of carbonyl (C=O) groups excluding carboxylic acids is 1. The number of imidazole rings is 2. The third-order valence-electron chi connectivity index (χ3n) is 5.16. The maximum absolute atomic E-state index is 12.8. The molecule has 8 nitrogen and oxygen atoms in total. The number of nitrogens with zero attached hydrogens (tertiary/aromatic N) is 5. The van der Waals surface area contributed by atoms with Crippen molar-refractivity contribution in [3.05, 3.63) is 52.0 Å². The SMILES string of the molecule is CC.CCCCNC=O.CCCn1c(C)c(C=NC)n(Cc2nc3ccccc3n2C)c1=O. The van der Waals surface area contributed by atoms with Gasteiger partial charge in [-0.05, 0) is 31.9 Å². The number of unbranched alkanes of at least 4 members (excludes halogenated alkanes) is 1. The fraction of sp³-hybridized carbons (Fsp3) is 0.520. The number of nitrogens with one attached hydrogen (secondary N) is 1. The Bertz CT molecular complexity index is 1070. The van der Waals surface area contributed by atoms with Gasteiger partial charge in [0.25, 0.3) is 0 Å². The number of aliphatic imine (C=N–C) groups is 1. The molecule has 0 saturated heterocycles. The number of para-hydroxylation sites is 2. The van der Waals surface area contributed by atoms with Crippen molar-refractivity contribution >= 4 is 23.7 Å². The maximum atomic E-state index is 12.8. The average molecular weight is 457 g/mol. The molecule has 0 aliphatic heterocycles. The second-order valence-electron chi connectivity index (χ2n) is 7.38. The van der Waals surface area contributed by atoms with E-state index in [-0.39, 0.29) is 5.69 Å². The summed E-state index contributed by atoms with van der Waals surface area (Å²) in [7, 11) is 3.71. The van der Waals surface area contributed by atoms with Crippen LogP contribution in [-0.2, 0) is 24.9 Å². The lowest BCUT2D eigenvalue weighted by Crippen LogP contribution is -2.26. The van der Waals surface area contributed by atoms with Crippen molar-refractivity contribution in [3.63, 3.8) is 0 Å². The first-order valence-electron chi connectivity index (χ1n) is 11.8. The van der Waals surface area contributed by atoms with Crippen LogP contribution in [-0.4, -0.2) is 44.9 Å². The van der Waals surface area contributed by atoms with Gasteiger partial charge < -0.3 is 9.88 Å². The van der Waals surface area contributed by atoms with Crippen LogP contribution in [0.3, 0.4) is 0 Å². The van der Waals surface area contributed by atoms with E-state index in [9.17, 15) is 9.59 Å². The first-order valence-corrected chi connectivity index (χ1v) is 11.8. The summed E-state index contributed by atoms with van der Waals surface area (Å²) >= 11 is 0. The highest BCUT2D eigenvalue weighted by atomic mass is 16.2. The Kier molecular flexibility index (Phi) is 12.5. The Balaban J connectivity index is 0.000000520. The molecule has 1 aromatic carbocycles. The zero-order valence-electron chi connectivity index (χ0n) is 21.3. The van der Waals surface area contributed by atoms with E-state index < -0.39 is 0 Å². The zero-order chi connectivity index (χ0) is 24.8. The first-order chi connectivity index (χ1) is 16.0. The number of rotatable bonds is 9. The molecule has 2 heterocycles. The van der Waals surface area contributed by atoms with Crippen molar-refractivity contribution in [2.75, 3.05) is 13.6 Å². The fourth-order valence-electron chi connectivity index (χ4n) is 3.47. The van der Waals surface area contributed by atoms with E-state index in [0.717, 1.165) is 60.5 Å². The third kappa shape index (κ3) is 7.17. The molecular weight excluding hydrogens is 416 g/mol. The Labute approximate surface area is 197 Å². The largest absolute Gasteiger partial charge is 0.359 e.